The monoisotopic (exact) mass is 444 g/mol. The Balaban J connectivity index is 0.00000341. The summed E-state index contributed by atoms with van der Waals surface area (Å²) in [5.74, 6) is -2.05. The van der Waals surface area contributed by atoms with Crippen LogP contribution >= 0.6 is 12.4 Å². The van der Waals surface area contributed by atoms with Gasteiger partial charge in [-0.05, 0) is 55.2 Å². The number of amides is 2. The third kappa shape index (κ3) is 5.40. The maximum atomic E-state index is 12.7. The number of nitrogens with zero attached hydrogens (tertiary/aromatic N) is 1. The molecule has 9 heteroatoms. The van der Waals surface area contributed by atoms with Gasteiger partial charge in [-0.2, -0.15) is 0 Å². The van der Waals surface area contributed by atoms with Crippen LogP contribution in [-0.2, 0) is 4.79 Å². The van der Waals surface area contributed by atoms with Crippen LogP contribution in [-0.4, -0.2) is 46.7 Å². The van der Waals surface area contributed by atoms with Gasteiger partial charge < -0.3 is 21.1 Å². The predicted octanol–water partition coefficient (Wildman–Crippen LogP) is 2.49. The van der Waals surface area contributed by atoms with E-state index in [0.717, 1.165) is 25.9 Å². The van der Waals surface area contributed by atoms with Crippen molar-refractivity contribution in [2.24, 2.45) is 5.73 Å². The van der Waals surface area contributed by atoms with Crippen LogP contribution in [0, 0.1) is 12.3 Å². The van der Waals surface area contributed by atoms with E-state index in [4.69, 9.17) is 11.1 Å². The fraction of sp³-hybridized carbons (Fsp3) is 0.273. The number of carbonyl (C=O) groups excluding carboxylic acids is 2. The van der Waals surface area contributed by atoms with Crippen molar-refractivity contribution >= 4 is 36.0 Å². The molecule has 1 aliphatic rings. The number of hydrogen-bond donors (Lipinski definition) is 4. The lowest BCUT2D eigenvalue weighted by Gasteiger charge is -2.18. The van der Waals surface area contributed by atoms with Crippen LogP contribution in [0.2, 0.25) is 0 Å². The Kier molecular flexibility index (Phi) is 7.77. The first kappa shape index (κ1) is 23.9. The molecule has 31 heavy (non-hydrogen) atoms. The largest absolute Gasteiger partial charge is 0.479 e. The average Bonchev–Trinajstić information content (AvgIpc) is 3.26. The van der Waals surface area contributed by atoms with E-state index in [2.05, 4.69) is 5.32 Å². The minimum Gasteiger partial charge on any atom is -0.479 e. The van der Waals surface area contributed by atoms with Crippen LogP contribution in [0.3, 0.4) is 0 Å². The van der Waals surface area contributed by atoms with Crippen molar-refractivity contribution in [2.45, 2.75) is 25.8 Å². The number of aryl methyl sites for hydroxylation is 1. The molecule has 1 fully saturated rings. The number of nitrogen functional groups attached to an aromatic ring is 1. The second-order valence-electron chi connectivity index (χ2n) is 7.31. The standard InChI is InChI=1S/C22H24N4O4.ClH/c1-13-11-16(7-8-17(13)21(28)26-9-2-3-10-26)20(27)25-18(22(29)30)14-5-4-6-15(12-14)19(23)24;/h4-8,11-12,18H,2-3,9-10H2,1H3,(H3,23,24)(H,25,27)(H,29,30);1H. The molecule has 1 saturated heterocycles. The van der Waals surface area contributed by atoms with Crippen molar-refractivity contribution < 1.29 is 19.5 Å². The van der Waals surface area contributed by atoms with Gasteiger partial charge in [0, 0.05) is 29.8 Å². The van der Waals surface area contributed by atoms with E-state index >= 15 is 0 Å². The zero-order valence-electron chi connectivity index (χ0n) is 17.1. The minimum atomic E-state index is -1.30. The normalized spacial score (nSPS) is 13.8. The van der Waals surface area contributed by atoms with E-state index in [9.17, 15) is 19.5 Å². The number of benzene rings is 2. The Morgan fingerprint density at radius 3 is 2.35 bits per heavy atom. The average molecular weight is 445 g/mol. The summed E-state index contributed by atoms with van der Waals surface area (Å²) in [4.78, 5) is 38.9. The van der Waals surface area contributed by atoms with Crippen LogP contribution in [0.5, 0.6) is 0 Å². The highest BCUT2D eigenvalue weighted by molar-refractivity contribution is 6.00. The molecule has 2 amide bonds. The molecule has 1 unspecified atom stereocenters. The maximum Gasteiger partial charge on any atom is 0.330 e. The van der Waals surface area contributed by atoms with Gasteiger partial charge in [0.05, 0.1) is 0 Å². The summed E-state index contributed by atoms with van der Waals surface area (Å²) < 4.78 is 0. The lowest BCUT2D eigenvalue weighted by Crippen LogP contribution is -2.34. The molecule has 0 aliphatic carbocycles. The fourth-order valence-electron chi connectivity index (χ4n) is 3.52. The highest BCUT2D eigenvalue weighted by atomic mass is 35.5. The molecule has 8 nitrogen and oxygen atoms in total. The number of likely N-dealkylation sites (tertiary alicyclic amines) is 1. The second-order valence-corrected chi connectivity index (χ2v) is 7.31. The minimum absolute atomic E-state index is 0. The SMILES string of the molecule is Cc1cc(C(=O)NC(C(=O)O)c2cccc(C(=N)N)c2)ccc1C(=O)N1CCCC1.Cl. The maximum absolute atomic E-state index is 12.7. The topological polar surface area (TPSA) is 137 Å². The third-order valence-corrected chi connectivity index (χ3v) is 5.17. The molecule has 164 valence electrons. The molecule has 2 aromatic carbocycles. The van der Waals surface area contributed by atoms with Gasteiger partial charge in [0.2, 0.25) is 0 Å². The molecule has 1 heterocycles. The number of hydrogen-bond acceptors (Lipinski definition) is 4. The lowest BCUT2D eigenvalue weighted by atomic mass is 10.0. The van der Waals surface area contributed by atoms with E-state index in [-0.39, 0.29) is 29.7 Å². The Morgan fingerprint density at radius 1 is 1.10 bits per heavy atom. The summed E-state index contributed by atoms with van der Waals surface area (Å²) in [6.07, 6.45) is 1.99. The molecule has 1 aliphatic heterocycles. The number of nitrogens with two attached hydrogens (primary N) is 1. The van der Waals surface area contributed by atoms with Crippen molar-refractivity contribution in [3.05, 3.63) is 70.3 Å². The van der Waals surface area contributed by atoms with Crippen molar-refractivity contribution in [1.82, 2.24) is 10.2 Å². The molecule has 0 spiro atoms. The fourth-order valence-corrected chi connectivity index (χ4v) is 3.52. The predicted molar refractivity (Wildman–Crippen MR) is 119 cm³/mol. The Bertz CT molecular complexity index is 1020. The Labute approximate surface area is 186 Å². The van der Waals surface area contributed by atoms with Gasteiger partial charge in [-0.1, -0.05) is 18.2 Å². The van der Waals surface area contributed by atoms with Crippen molar-refractivity contribution in [3.8, 4) is 0 Å². The summed E-state index contributed by atoms with van der Waals surface area (Å²) in [6.45, 7) is 3.23. The first-order chi connectivity index (χ1) is 14.3. The highest BCUT2D eigenvalue weighted by Crippen LogP contribution is 2.19. The van der Waals surface area contributed by atoms with Crippen LogP contribution in [0.15, 0.2) is 42.5 Å². The molecule has 0 saturated carbocycles. The lowest BCUT2D eigenvalue weighted by molar-refractivity contribution is -0.139. The van der Waals surface area contributed by atoms with Gasteiger partial charge in [-0.25, -0.2) is 4.79 Å². The number of nitrogens with one attached hydrogen (secondary N) is 2. The van der Waals surface area contributed by atoms with Gasteiger partial charge in [0.25, 0.3) is 11.8 Å². The summed E-state index contributed by atoms with van der Waals surface area (Å²) in [5, 5.41) is 19.6. The summed E-state index contributed by atoms with van der Waals surface area (Å²) in [6, 6.07) is 9.60. The van der Waals surface area contributed by atoms with Gasteiger partial charge in [-0.15, -0.1) is 12.4 Å². The van der Waals surface area contributed by atoms with Crippen LogP contribution < -0.4 is 11.1 Å². The Hall–Kier alpha value is -3.39. The molecular formula is C22H25ClN4O4. The van der Waals surface area contributed by atoms with Crippen LogP contribution in [0.4, 0.5) is 0 Å². The number of halogens is 1. The molecule has 5 N–H and O–H groups in total. The number of amidine groups is 1. The van der Waals surface area contributed by atoms with Gasteiger partial charge in [0.15, 0.2) is 6.04 Å². The number of rotatable bonds is 6. The molecular weight excluding hydrogens is 420 g/mol. The van der Waals surface area contributed by atoms with E-state index in [0.29, 0.717) is 22.3 Å². The van der Waals surface area contributed by atoms with E-state index in [1.807, 2.05) is 0 Å². The summed E-state index contributed by atoms with van der Waals surface area (Å²) in [7, 11) is 0. The first-order valence-corrected chi connectivity index (χ1v) is 9.66. The quantitative estimate of drug-likeness (QED) is 0.400. The molecule has 1 atom stereocenters. The first-order valence-electron chi connectivity index (χ1n) is 9.66. The molecule has 0 radical (unpaired) electrons. The van der Waals surface area contributed by atoms with Gasteiger partial charge in [0.1, 0.15) is 5.84 Å². The number of aliphatic carboxylic acids is 1. The smallest absolute Gasteiger partial charge is 0.330 e. The molecule has 2 aromatic rings. The molecule has 0 aromatic heterocycles. The van der Waals surface area contributed by atoms with E-state index < -0.39 is 17.9 Å². The Morgan fingerprint density at radius 2 is 1.77 bits per heavy atom. The van der Waals surface area contributed by atoms with Crippen molar-refractivity contribution in [3.63, 3.8) is 0 Å². The van der Waals surface area contributed by atoms with Crippen molar-refractivity contribution in [1.29, 1.82) is 5.41 Å². The summed E-state index contributed by atoms with van der Waals surface area (Å²) in [5.41, 5.74) is 7.60. The summed E-state index contributed by atoms with van der Waals surface area (Å²) >= 11 is 0. The number of carboxylic acid groups (broad SMARTS) is 1. The van der Waals surface area contributed by atoms with Crippen LogP contribution in [0.1, 0.15) is 56.3 Å². The molecule has 0 bridgehead atoms. The van der Waals surface area contributed by atoms with E-state index in [1.54, 1.807) is 42.2 Å². The third-order valence-electron chi connectivity index (χ3n) is 5.17. The molecule has 3 rings (SSSR count). The van der Waals surface area contributed by atoms with Gasteiger partial charge >= 0.3 is 5.97 Å². The second kappa shape index (κ2) is 10.1. The zero-order valence-corrected chi connectivity index (χ0v) is 17.9. The number of carbonyl (C=O) groups is 3. The zero-order chi connectivity index (χ0) is 21.8. The number of carboxylic acids is 1. The van der Waals surface area contributed by atoms with E-state index in [1.165, 1.54) is 12.1 Å². The van der Waals surface area contributed by atoms with Gasteiger partial charge in [-0.3, -0.25) is 15.0 Å². The van der Waals surface area contributed by atoms with Crippen molar-refractivity contribution in [2.75, 3.05) is 13.1 Å². The van der Waals surface area contributed by atoms with Crippen LogP contribution in [0.25, 0.3) is 0 Å². The highest BCUT2D eigenvalue weighted by Gasteiger charge is 2.25.